The Morgan fingerprint density at radius 1 is 0.750 bits per heavy atom. The fourth-order valence-corrected chi connectivity index (χ4v) is 0. The van der Waals surface area contributed by atoms with Crippen molar-refractivity contribution in [3.8, 4) is 0 Å². The Bertz CT molecular complexity index is 16.0. The quantitative estimate of drug-likeness (QED) is 0.396. The zero-order valence-corrected chi connectivity index (χ0v) is 8.63. The van der Waals surface area contributed by atoms with Gasteiger partial charge in [-0.05, 0) is 0 Å². The molecular weight excluding hydrogens is 260 g/mol. The second kappa shape index (κ2) is 156. The summed E-state index contributed by atoms with van der Waals surface area (Å²) in [6.07, 6.45) is 0. The van der Waals surface area contributed by atoms with Gasteiger partial charge in [0.25, 0.3) is 0 Å². The normalized spacial score (nSPS) is 0.500. The molecule has 0 saturated heterocycles. The topological polar surface area (TPSA) is 17.1 Å². The minimum Gasteiger partial charge on any atom is -1.00 e. The molecule has 0 spiro atoms. The number of carbonyl (C=O) groups is 1. The van der Waals surface area contributed by atoms with E-state index < -0.39 is 0 Å². The minimum absolute atomic E-state index is 0. The van der Waals surface area contributed by atoms with E-state index in [1.54, 1.807) is 0 Å². The summed E-state index contributed by atoms with van der Waals surface area (Å²) in [5.41, 5.74) is 0. The van der Waals surface area contributed by atoms with Crippen molar-refractivity contribution in [2.24, 2.45) is 0 Å². The first kappa shape index (κ1) is 93.9. The fourth-order valence-electron chi connectivity index (χ4n) is 0. The van der Waals surface area contributed by atoms with Crippen molar-refractivity contribution < 1.29 is 71.5 Å². The summed E-state index contributed by atoms with van der Waals surface area (Å²) < 4.78 is 0. The Kier molecular flexibility index (Phi) is 1830. The molecular formula is CH2AlCl4CuO. The maximum absolute atomic E-state index is 8.00. The summed E-state index contributed by atoms with van der Waals surface area (Å²) in [5, 5.41) is 0. The van der Waals surface area contributed by atoms with Gasteiger partial charge in [0.15, 0.2) is 0 Å². The first-order valence-corrected chi connectivity index (χ1v) is 0.289. The average molecular weight is 262 g/mol. The third kappa shape index (κ3) is 105. The molecule has 0 saturated carbocycles. The molecule has 8 heavy (non-hydrogen) atoms. The molecule has 0 aliphatic heterocycles. The van der Waals surface area contributed by atoms with Crippen molar-refractivity contribution in [2.45, 2.75) is 0 Å². The van der Waals surface area contributed by atoms with Gasteiger partial charge in [-0.15, -0.1) is 0 Å². The van der Waals surface area contributed by atoms with Crippen LogP contribution in [0.4, 0.5) is 0 Å². The molecule has 0 amide bonds. The second-order valence-electron chi connectivity index (χ2n) is 0. The van der Waals surface area contributed by atoms with Crippen LogP contribution in [-0.4, -0.2) is 24.2 Å². The molecule has 0 heterocycles. The maximum Gasteiger partial charge on any atom is 3.00 e. The monoisotopic (exact) mass is 260 g/mol. The summed E-state index contributed by atoms with van der Waals surface area (Å²) >= 11 is 0. The molecule has 0 aromatic heterocycles. The van der Waals surface area contributed by atoms with Crippen LogP contribution in [0.2, 0.25) is 0 Å². The predicted molar refractivity (Wildman–Crippen MR) is 12.9 cm³/mol. The van der Waals surface area contributed by atoms with Crippen LogP contribution in [0.25, 0.3) is 0 Å². The Morgan fingerprint density at radius 3 is 0.750 bits per heavy atom. The number of carbonyl (C=O) groups excluding carboxylic acids is 1. The molecule has 0 radical (unpaired) electrons. The van der Waals surface area contributed by atoms with Crippen molar-refractivity contribution in [1.29, 1.82) is 0 Å². The van der Waals surface area contributed by atoms with E-state index in [-0.39, 0.29) is 84.1 Å². The van der Waals surface area contributed by atoms with Gasteiger partial charge in [-0.1, -0.05) is 0 Å². The van der Waals surface area contributed by atoms with E-state index >= 15 is 0 Å². The molecule has 7 heteroatoms. The molecule has 0 fully saturated rings. The smallest absolute Gasteiger partial charge is 1.00 e. The van der Waals surface area contributed by atoms with Gasteiger partial charge in [0.1, 0.15) is 6.79 Å². The maximum atomic E-state index is 8.00. The number of rotatable bonds is 0. The summed E-state index contributed by atoms with van der Waals surface area (Å²) in [4.78, 5) is 8.00. The van der Waals surface area contributed by atoms with Gasteiger partial charge in [0.05, 0.1) is 0 Å². The average Bonchev–Trinajstić information content (AvgIpc) is 1.00. The van der Waals surface area contributed by atoms with Crippen LogP contribution in [0.5, 0.6) is 0 Å². The number of halogens is 4. The zero-order chi connectivity index (χ0) is 2.00. The van der Waals surface area contributed by atoms with Gasteiger partial charge in [0, 0.05) is 0 Å². The number of hydrogen-bond acceptors (Lipinski definition) is 1. The van der Waals surface area contributed by atoms with E-state index in [9.17, 15) is 0 Å². The van der Waals surface area contributed by atoms with Crippen molar-refractivity contribution in [3.63, 3.8) is 0 Å². The van der Waals surface area contributed by atoms with Crippen molar-refractivity contribution in [1.82, 2.24) is 0 Å². The standard InChI is InChI=1S/CH2O.Al.4ClH.Cu/c1-2;;;;;;/h1H2;;4*1H;/q;+3;;;;;+1/p-4. The van der Waals surface area contributed by atoms with E-state index in [4.69, 9.17) is 4.79 Å². The predicted octanol–water partition coefficient (Wildman–Crippen LogP) is -12.6. The number of hydrogen-bond donors (Lipinski definition) is 0. The summed E-state index contributed by atoms with van der Waals surface area (Å²) in [6, 6.07) is 0. The van der Waals surface area contributed by atoms with Crippen LogP contribution in [0, 0.1) is 0 Å². The molecule has 0 bridgehead atoms. The molecule has 1 nitrogen and oxygen atoms in total. The van der Waals surface area contributed by atoms with Gasteiger partial charge < -0.3 is 54.4 Å². The molecule has 0 aliphatic carbocycles. The van der Waals surface area contributed by atoms with Crippen LogP contribution in [-0.2, 0) is 21.9 Å². The van der Waals surface area contributed by atoms with E-state index in [1.807, 2.05) is 6.79 Å². The van der Waals surface area contributed by atoms with Crippen molar-refractivity contribution >= 4 is 24.2 Å². The fraction of sp³-hybridized carbons (Fsp3) is 0. The van der Waals surface area contributed by atoms with Gasteiger partial charge in [0.2, 0.25) is 0 Å². The van der Waals surface area contributed by atoms with E-state index in [2.05, 4.69) is 0 Å². The van der Waals surface area contributed by atoms with Crippen molar-refractivity contribution in [2.75, 3.05) is 0 Å². The van der Waals surface area contributed by atoms with Gasteiger partial charge in [-0.2, -0.15) is 0 Å². The first-order valence-electron chi connectivity index (χ1n) is 0.289. The minimum atomic E-state index is 0. The van der Waals surface area contributed by atoms with Gasteiger partial charge in [-0.3, -0.25) is 0 Å². The molecule has 0 rings (SSSR count). The summed E-state index contributed by atoms with van der Waals surface area (Å²) in [6.45, 7) is 2.00. The Hall–Kier alpha value is 1.88. The largest absolute Gasteiger partial charge is 3.00 e. The Labute approximate surface area is 95.0 Å². The molecule has 0 N–H and O–H groups in total. The molecule has 0 unspecified atom stereocenters. The molecule has 0 aromatic carbocycles. The molecule has 0 atom stereocenters. The van der Waals surface area contributed by atoms with E-state index in [0.717, 1.165) is 0 Å². The third-order valence-corrected chi connectivity index (χ3v) is 0. The zero-order valence-electron chi connectivity index (χ0n) is 3.51. The van der Waals surface area contributed by atoms with E-state index in [1.165, 1.54) is 0 Å². The second-order valence-corrected chi connectivity index (χ2v) is 0. The first-order chi connectivity index (χ1) is 1.00. The SMILES string of the molecule is C=O.[Al+3].[Cl-].[Cl-].[Cl-].[Cl-].[Cu+]. The van der Waals surface area contributed by atoms with Crippen LogP contribution >= 0.6 is 0 Å². The third-order valence-electron chi connectivity index (χ3n) is 0. The van der Waals surface area contributed by atoms with Crippen LogP contribution in [0.3, 0.4) is 0 Å². The van der Waals surface area contributed by atoms with Crippen LogP contribution in [0.1, 0.15) is 0 Å². The molecule has 54 valence electrons. The molecule has 0 aliphatic rings. The molecule has 0 aromatic rings. The summed E-state index contributed by atoms with van der Waals surface area (Å²) in [5.74, 6) is 0. The van der Waals surface area contributed by atoms with Gasteiger partial charge in [-0.25, -0.2) is 0 Å². The van der Waals surface area contributed by atoms with Crippen LogP contribution in [0.15, 0.2) is 0 Å². The van der Waals surface area contributed by atoms with E-state index in [0.29, 0.717) is 0 Å². The van der Waals surface area contributed by atoms with Crippen LogP contribution < -0.4 is 49.6 Å². The Balaban J connectivity index is -0.000000000333. The van der Waals surface area contributed by atoms with Crippen molar-refractivity contribution in [3.05, 3.63) is 0 Å². The summed E-state index contributed by atoms with van der Waals surface area (Å²) in [7, 11) is 0. The van der Waals surface area contributed by atoms with Gasteiger partial charge >= 0.3 is 34.4 Å². The Morgan fingerprint density at radius 2 is 0.750 bits per heavy atom.